The van der Waals surface area contributed by atoms with Crippen LogP contribution in [0.3, 0.4) is 0 Å². The maximum Gasteiger partial charge on any atom is 0.410 e. The van der Waals surface area contributed by atoms with Gasteiger partial charge in [0.1, 0.15) is 12.4 Å². The molecule has 0 spiro atoms. The zero-order valence-electron chi connectivity index (χ0n) is 10.6. The molecular weight excluding hydrogens is 230 g/mol. The molecule has 1 amide bonds. The lowest BCUT2D eigenvalue weighted by Crippen LogP contribution is -2.33. The fourth-order valence-corrected chi connectivity index (χ4v) is 1.71. The quantitative estimate of drug-likeness (QED) is 0.719. The van der Waals surface area contributed by atoms with Gasteiger partial charge >= 0.3 is 6.09 Å². The molecule has 1 saturated heterocycles. The van der Waals surface area contributed by atoms with Crippen molar-refractivity contribution in [2.75, 3.05) is 19.7 Å². The summed E-state index contributed by atoms with van der Waals surface area (Å²) in [5.41, 5.74) is 0.796. The molecule has 1 aliphatic rings. The number of carbonyl (C=O) groups is 2. The van der Waals surface area contributed by atoms with Crippen LogP contribution < -0.4 is 0 Å². The first kappa shape index (κ1) is 14.2. The second-order valence-electron chi connectivity index (χ2n) is 4.12. The van der Waals surface area contributed by atoms with Crippen LogP contribution in [0.25, 0.3) is 0 Å². The van der Waals surface area contributed by atoms with E-state index in [0.717, 1.165) is 5.57 Å². The number of hydrogen-bond donors (Lipinski definition) is 0. The Balaban J connectivity index is 2.44. The lowest BCUT2D eigenvalue weighted by molar-refractivity contribution is -0.118. The molecule has 1 fully saturated rings. The first-order valence-electron chi connectivity index (χ1n) is 6.04. The Morgan fingerprint density at radius 1 is 1.33 bits per heavy atom. The van der Waals surface area contributed by atoms with E-state index in [1.807, 2.05) is 0 Å². The Bertz CT molecular complexity index is 371. The number of likely N-dealkylation sites (tertiary alicyclic amines) is 1. The number of rotatable bonds is 4. The maximum absolute atomic E-state index is 11.8. The van der Waals surface area contributed by atoms with Crippen molar-refractivity contribution in [3.05, 3.63) is 37.0 Å². The highest BCUT2D eigenvalue weighted by Gasteiger charge is 2.19. The number of amides is 1. The van der Waals surface area contributed by atoms with Crippen molar-refractivity contribution in [3.8, 4) is 0 Å². The molecule has 0 radical (unpaired) electrons. The average Bonchev–Trinajstić information content (AvgIpc) is 2.59. The Morgan fingerprint density at radius 3 is 2.78 bits per heavy atom. The fraction of sp³-hybridized carbons (Fsp3) is 0.429. The average molecular weight is 249 g/mol. The standard InChI is InChI=1S/C14H19NO3/c1-3-6-12(4-2)11-18-14(17)15-9-5-7-13(16)8-10-15/h3-4,6H,1-2,5,7-11H2/b12-6+. The third kappa shape index (κ3) is 4.57. The molecule has 0 unspecified atom stereocenters. The number of allylic oxidation sites excluding steroid dienone is 2. The molecule has 0 aromatic carbocycles. The van der Waals surface area contributed by atoms with Gasteiger partial charge < -0.3 is 9.64 Å². The highest BCUT2D eigenvalue weighted by molar-refractivity contribution is 5.79. The summed E-state index contributed by atoms with van der Waals surface area (Å²) in [6.07, 6.45) is 6.30. The molecule has 0 bridgehead atoms. The molecule has 0 aliphatic carbocycles. The van der Waals surface area contributed by atoms with E-state index in [0.29, 0.717) is 32.4 Å². The summed E-state index contributed by atoms with van der Waals surface area (Å²) in [4.78, 5) is 24.6. The van der Waals surface area contributed by atoms with Gasteiger partial charge in [-0.15, -0.1) is 0 Å². The Hall–Kier alpha value is -1.84. The lowest BCUT2D eigenvalue weighted by atomic mass is 10.2. The second-order valence-corrected chi connectivity index (χ2v) is 4.12. The highest BCUT2D eigenvalue weighted by atomic mass is 16.6. The van der Waals surface area contributed by atoms with Crippen LogP contribution in [0.2, 0.25) is 0 Å². The van der Waals surface area contributed by atoms with Crippen molar-refractivity contribution < 1.29 is 14.3 Å². The number of ether oxygens (including phenoxy) is 1. The van der Waals surface area contributed by atoms with Gasteiger partial charge in [0.25, 0.3) is 0 Å². The van der Waals surface area contributed by atoms with Crippen LogP contribution in [-0.2, 0) is 9.53 Å². The van der Waals surface area contributed by atoms with Gasteiger partial charge in [0.2, 0.25) is 0 Å². The van der Waals surface area contributed by atoms with E-state index < -0.39 is 0 Å². The van der Waals surface area contributed by atoms with Crippen LogP contribution >= 0.6 is 0 Å². The van der Waals surface area contributed by atoms with Crippen LogP contribution in [0.1, 0.15) is 19.3 Å². The molecule has 4 heteroatoms. The van der Waals surface area contributed by atoms with Gasteiger partial charge in [-0.05, 0) is 12.0 Å². The number of Topliss-reactive ketones (excluding diaryl/α,β-unsaturated/α-hetero) is 1. The minimum atomic E-state index is -0.374. The van der Waals surface area contributed by atoms with Gasteiger partial charge in [0.15, 0.2) is 0 Å². The number of ketones is 1. The van der Waals surface area contributed by atoms with Gasteiger partial charge in [-0.25, -0.2) is 4.79 Å². The van der Waals surface area contributed by atoms with Crippen molar-refractivity contribution in [3.63, 3.8) is 0 Å². The van der Waals surface area contributed by atoms with Crippen molar-refractivity contribution in [1.82, 2.24) is 4.90 Å². The number of hydrogen-bond acceptors (Lipinski definition) is 3. The molecule has 0 saturated carbocycles. The first-order chi connectivity index (χ1) is 8.67. The first-order valence-corrected chi connectivity index (χ1v) is 6.04. The van der Waals surface area contributed by atoms with Crippen LogP contribution in [0.5, 0.6) is 0 Å². The van der Waals surface area contributed by atoms with E-state index in [2.05, 4.69) is 13.2 Å². The monoisotopic (exact) mass is 249 g/mol. The molecule has 4 nitrogen and oxygen atoms in total. The van der Waals surface area contributed by atoms with Crippen LogP contribution in [-0.4, -0.2) is 36.5 Å². The molecule has 1 rings (SSSR count). The summed E-state index contributed by atoms with van der Waals surface area (Å²) < 4.78 is 5.17. The van der Waals surface area contributed by atoms with Crippen molar-refractivity contribution in [1.29, 1.82) is 0 Å². The molecular formula is C14H19NO3. The topological polar surface area (TPSA) is 46.6 Å². The summed E-state index contributed by atoms with van der Waals surface area (Å²) in [7, 11) is 0. The lowest BCUT2D eigenvalue weighted by Gasteiger charge is -2.19. The van der Waals surface area contributed by atoms with Crippen molar-refractivity contribution in [2.24, 2.45) is 0 Å². The highest BCUT2D eigenvalue weighted by Crippen LogP contribution is 2.09. The third-order valence-corrected chi connectivity index (χ3v) is 2.76. The van der Waals surface area contributed by atoms with Gasteiger partial charge in [-0.3, -0.25) is 4.79 Å². The molecule has 0 aromatic rings. The predicted octanol–water partition coefficient (Wildman–Crippen LogP) is 2.48. The largest absolute Gasteiger partial charge is 0.445 e. The van der Waals surface area contributed by atoms with Gasteiger partial charge in [-0.1, -0.05) is 31.4 Å². The second kappa shape index (κ2) is 7.48. The Labute approximate surface area is 108 Å². The van der Waals surface area contributed by atoms with E-state index in [1.165, 1.54) is 0 Å². The fourth-order valence-electron chi connectivity index (χ4n) is 1.71. The molecule has 1 aliphatic heterocycles. The molecule has 0 atom stereocenters. The summed E-state index contributed by atoms with van der Waals surface area (Å²) in [6, 6.07) is 0. The van der Waals surface area contributed by atoms with Crippen molar-refractivity contribution >= 4 is 11.9 Å². The Morgan fingerprint density at radius 2 is 2.11 bits per heavy atom. The van der Waals surface area contributed by atoms with Crippen LogP contribution in [0.15, 0.2) is 37.0 Å². The van der Waals surface area contributed by atoms with Gasteiger partial charge in [0.05, 0.1) is 0 Å². The minimum absolute atomic E-state index is 0.179. The summed E-state index contributed by atoms with van der Waals surface area (Å²) in [6.45, 7) is 8.42. The normalized spacial score (nSPS) is 17.0. The summed E-state index contributed by atoms with van der Waals surface area (Å²) in [5, 5.41) is 0. The molecule has 1 heterocycles. The summed E-state index contributed by atoms with van der Waals surface area (Å²) in [5.74, 6) is 0.212. The zero-order valence-corrected chi connectivity index (χ0v) is 10.6. The maximum atomic E-state index is 11.8. The number of carbonyl (C=O) groups excluding carboxylic acids is 2. The molecule has 0 N–H and O–H groups in total. The van der Waals surface area contributed by atoms with Gasteiger partial charge in [0, 0.05) is 25.9 Å². The predicted molar refractivity (Wildman–Crippen MR) is 70.3 cm³/mol. The SMILES string of the molecule is C=C/C=C(\C=C)COC(=O)N1CCCC(=O)CC1. The van der Waals surface area contributed by atoms with Crippen LogP contribution in [0, 0.1) is 0 Å². The smallest absolute Gasteiger partial charge is 0.410 e. The van der Waals surface area contributed by atoms with E-state index in [1.54, 1.807) is 23.1 Å². The Kier molecular flexibility index (Phi) is 5.91. The minimum Gasteiger partial charge on any atom is -0.445 e. The van der Waals surface area contributed by atoms with Gasteiger partial charge in [-0.2, -0.15) is 0 Å². The van der Waals surface area contributed by atoms with E-state index in [9.17, 15) is 9.59 Å². The summed E-state index contributed by atoms with van der Waals surface area (Å²) >= 11 is 0. The molecule has 0 aromatic heterocycles. The number of nitrogens with zero attached hydrogens (tertiary/aromatic N) is 1. The van der Waals surface area contributed by atoms with E-state index >= 15 is 0 Å². The van der Waals surface area contributed by atoms with E-state index in [-0.39, 0.29) is 18.5 Å². The third-order valence-electron chi connectivity index (χ3n) is 2.76. The molecule has 18 heavy (non-hydrogen) atoms. The van der Waals surface area contributed by atoms with E-state index in [4.69, 9.17) is 4.74 Å². The van der Waals surface area contributed by atoms with Crippen molar-refractivity contribution in [2.45, 2.75) is 19.3 Å². The zero-order chi connectivity index (χ0) is 13.4. The molecule has 98 valence electrons. The van der Waals surface area contributed by atoms with Crippen LogP contribution in [0.4, 0.5) is 4.79 Å².